The van der Waals surface area contributed by atoms with Gasteiger partial charge in [-0.1, -0.05) is 0 Å². The monoisotopic (exact) mass is 305 g/mol. The highest BCUT2D eigenvalue weighted by Gasteiger charge is 2.31. The molecule has 0 aromatic carbocycles. The predicted molar refractivity (Wildman–Crippen MR) is 84.5 cm³/mol. The lowest BCUT2D eigenvalue weighted by Gasteiger charge is -2.31. The third-order valence-corrected chi connectivity index (χ3v) is 3.03. The van der Waals surface area contributed by atoms with Crippen molar-refractivity contribution in [3.8, 4) is 0 Å². The molecule has 1 heterocycles. The maximum absolute atomic E-state index is 11.0. The van der Waals surface area contributed by atoms with E-state index in [4.69, 9.17) is 10.2 Å². The molecule has 1 rings (SSSR count). The summed E-state index contributed by atoms with van der Waals surface area (Å²) in [6.07, 6.45) is 1.88. The van der Waals surface area contributed by atoms with Crippen LogP contribution >= 0.6 is 13.5 Å². The number of methoxy groups -OCH3 is 1. The molecule has 0 saturated carbocycles. The van der Waals surface area contributed by atoms with E-state index in [-0.39, 0.29) is 19.5 Å². The van der Waals surface area contributed by atoms with Gasteiger partial charge >= 0.3 is 5.97 Å². The Morgan fingerprint density at radius 1 is 1.20 bits per heavy atom. The maximum atomic E-state index is 11.0. The predicted octanol–water partition coefficient (Wildman–Crippen LogP) is 1.76. The number of nitrogens with zero attached hydrogens (tertiary/aromatic N) is 1. The average Bonchev–Trinajstić information content (AvgIpc) is 2.54. The first kappa shape index (κ1) is 21.3. The third kappa shape index (κ3) is 6.45. The highest BCUT2D eigenvalue weighted by molar-refractivity contribution is 7.59. The summed E-state index contributed by atoms with van der Waals surface area (Å²) in [7, 11) is 3.20. The molecule has 0 aliphatic rings. The number of rotatable bonds is 2. The van der Waals surface area contributed by atoms with E-state index >= 15 is 0 Å². The van der Waals surface area contributed by atoms with Crippen molar-refractivity contribution in [2.45, 2.75) is 45.8 Å². The van der Waals surface area contributed by atoms with E-state index in [2.05, 4.69) is 4.74 Å². The molecule has 0 aliphatic heterocycles. The fourth-order valence-electron chi connectivity index (χ4n) is 1.04. The average molecular weight is 305 g/mol. The molecule has 118 valence electrons. The molecule has 5 nitrogen and oxygen atoms in total. The van der Waals surface area contributed by atoms with E-state index in [0.717, 1.165) is 5.56 Å². The van der Waals surface area contributed by atoms with Gasteiger partial charge in [0.05, 0.1) is 18.3 Å². The van der Waals surface area contributed by atoms with Gasteiger partial charge in [0.1, 0.15) is 5.69 Å². The van der Waals surface area contributed by atoms with Crippen LogP contribution in [0.15, 0.2) is 12.3 Å². The molecule has 0 radical (unpaired) electrons. The first-order valence-corrected chi connectivity index (χ1v) is 6.06. The Labute approximate surface area is 128 Å². The van der Waals surface area contributed by atoms with Gasteiger partial charge in [-0.3, -0.25) is 0 Å². The number of esters is 1. The molecule has 1 aromatic rings. The molecule has 0 unspecified atom stereocenters. The van der Waals surface area contributed by atoms with E-state index < -0.39 is 11.2 Å². The quantitative estimate of drug-likeness (QED) is 0.817. The summed E-state index contributed by atoms with van der Waals surface area (Å²) in [4.78, 5) is 11.0. The van der Waals surface area contributed by atoms with Crippen molar-refractivity contribution in [3.05, 3.63) is 23.5 Å². The summed E-state index contributed by atoms with van der Waals surface area (Å²) in [5, 5.41) is 18.2. The van der Waals surface area contributed by atoms with E-state index in [0.29, 0.717) is 5.69 Å². The van der Waals surface area contributed by atoms with Gasteiger partial charge < -0.3 is 19.5 Å². The fraction of sp³-hybridized carbons (Fsp3) is 0.643. The van der Waals surface area contributed by atoms with Crippen molar-refractivity contribution in [2.24, 2.45) is 7.05 Å². The van der Waals surface area contributed by atoms with E-state index in [1.807, 2.05) is 20.2 Å². The number of aryl methyl sites for hydroxylation is 2. The second-order valence-corrected chi connectivity index (χ2v) is 5.62. The Morgan fingerprint density at radius 3 is 1.80 bits per heavy atom. The number of hydrogen-bond donors (Lipinski definition) is 2. The summed E-state index contributed by atoms with van der Waals surface area (Å²) < 4.78 is 6.32. The van der Waals surface area contributed by atoms with Crippen LogP contribution in [-0.4, -0.2) is 39.1 Å². The Balaban J connectivity index is 0. The van der Waals surface area contributed by atoms with Gasteiger partial charge in [-0.25, -0.2) is 4.79 Å². The van der Waals surface area contributed by atoms with Crippen molar-refractivity contribution in [2.75, 3.05) is 7.11 Å². The van der Waals surface area contributed by atoms with Gasteiger partial charge in [-0.05, 0) is 46.2 Å². The van der Waals surface area contributed by atoms with E-state index in [9.17, 15) is 4.79 Å². The van der Waals surface area contributed by atoms with Crippen LogP contribution in [0.3, 0.4) is 0 Å². The molecule has 0 fully saturated rings. The lowest BCUT2D eigenvalue weighted by atomic mass is 9.90. The first-order chi connectivity index (χ1) is 8.40. The molecule has 0 amide bonds. The van der Waals surface area contributed by atoms with Crippen LogP contribution in [0, 0.1) is 6.92 Å². The normalized spacial score (nSPS) is 11.1. The molecule has 2 N–H and O–H groups in total. The molecule has 6 heteroatoms. The van der Waals surface area contributed by atoms with Gasteiger partial charge in [0.2, 0.25) is 0 Å². The zero-order valence-electron chi connectivity index (χ0n) is 13.3. The summed E-state index contributed by atoms with van der Waals surface area (Å²) in [6.45, 7) is 8.24. The number of hydrogen-bond acceptors (Lipinski definition) is 4. The molecule has 0 atom stereocenters. The van der Waals surface area contributed by atoms with E-state index in [1.165, 1.54) is 7.11 Å². The largest absolute Gasteiger partial charge is 0.464 e. The third-order valence-electron chi connectivity index (χ3n) is 3.03. The second kappa shape index (κ2) is 7.71. The fourth-order valence-corrected chi connectivity index (χ4v) is 1.04. The number of carbonyl (C=O) groups excluding carboxylic acids is 1. The minimum absolute atomic E-state index is 0. The van der Waals surface area contributed by atoms with Gasteiger partial charge in [0, 0.05) is 13.2 Å². The summed E-state index contributed by atoms with van der Waals surface area (Å²) >= 11 is 0. The van der Waals surface area contributed by atoms with Crippen LogP contribution < -0.4 is 0 Å². The molecule has 0 bridgehead atoms. The molecule has 20 heavy (non-hydrogen) atoms. The number of aliphatic hydroxyl groups is 2. The van der Waals surface area contributed by atoms with Crippen molar-refractivity contribution in [1.82, 2.24) is 4.57 Å². The zero-order chi connectivity index (χ0) is 15.4. The van der Waals surface area contributed by atoms with Crippen molar-refractivity contribution < 1.29 is 19.7 Å². The van der Waals surface area contributed by atoms with Gasteiger partial charge in [-0.2, -0.15) is 13.5 Å². The van der Waals surface area contributed by atoms with Crippen molar-refractivity contribution in [3.63, 3.8) is 0 Å². The maximum Gasteiger partial charge on any atom is 0.354 e. The second-order valence-electron chi connectivity index (χ2n) is 5.62. The van der Waals surface area contributed by atoms with Gasteiger partial charge in [-0.15, -0.1) is 0 Å². The minimum atomic E-state index is -1.01. The molecule has 0 spiro atoms. The van der Waals surface area contributed by atoms with Crippen LogP contribution in [0.4, 0.5) is 0 Å². The molecule has 0 saturated heterocycles. The molecule has 0 aliphatic carbocycles. The van der Waals surface area contributed by atoms with Crippen molar-refractivity contribution in [1.29, 1.82) is 0 Å². The van der Waals surface area contributed by atoms with Crippen LogP contribution in [0.1, 0.15) is 43.7 Å². The van der Waals surface area contributed by atoms with Crippen molar-refractivity contribution >= 4 is 19.5 Å². The van der Waals surface area contributed by atoms with Crippen LogP contribution in [0.5, 0.6) is 0 Å². The molecular formula is C14H27NO4S. The van der Waals surface area contributed by atoms with Crippen LogP contribution in [0.2, 0.25) is 0 Å². The number of carbonyl (C=O) groups is 1. The summed E-state index contributed by atoms with van der Waals surface area (Å²) in [5.74, 6) is -0.291. The lowest BCUT2D eigenvalue weighted by Crippen LogP contribution is -2.44. The van der Waals surface area contributed by atoms with Gasteiger partial charge in [0.15, 0.2) is 0 Å². The summed E-state index contributed by atoms with van der Waals surface area (Å²) in [6, 6.07) is 1.80. The Bertz CT molecular complexity index is 415. The SMILES string of the molecule is CC(C)(O)C(C)(C)O.COC(=O)c1cc(C)cn1C.S. The van der Waals surface area contributed by atoms with Gasteiger partial charge in [0.25, 0.3) is 0 Å². The zero-order valence-corrected chi connectivity index (χ0v) is 14.3. The highest BCUT2D eigenvalue weighted by Crippen LogP contribution is 2.19. The Hall–Kier alpha value is -0.980. The smallest absolute Gasteiger partial charge is 0.354 e. The standard InChI is InChI=1S/C8H11NO2.C6H14O2.H2S/c1-6-4-7(8(10)11-3)9(2)5-6;1-5(2,7)6(3,4)8;/h4-5H,1-3H3;7-8H,1-4H3;1H2. The Morgan fingerprint density at radius 2 is 1.60 bits per heavy atom. The molecular weight excluding hydrogens is 278 g/mol. The van der Waals surface area contributed by atoms with Crippen LogP contribution in [-0.2, 0) is 11.8 Å². The Kier molecular flexibility index (Phi) is 8.22. The topological polar surface area (TPSA) is 71.7 Å². The minimum Gasteiger partial charge on any atom is -0.464 e. The molecule has 1 aromatic heterocycles. The number of ether oxygens (including phenoxy) is 1. The van der Waals surface area contributed by atoms with Crippen LogP contribution in [0.25, 0.3) is 0 Å². The lowest BCUT2D eigenvalue weighted by molar-refractivity contribution is -0.107. The first-order valence-electron chi connectivity index (χ1n) is 6.06. The highest BCUT2D eigenvalue weighted by atomic mass is 32.1. The van der Waals surface area contributed by atoms with E-state index in [1.54, 1.807) is 38.3 Å². The summed E-state index contributed by atoms with van der Waals surface area (Å²) in [5.41, 5.74) is -0.363. The number of aromatic nitrogens is 1.